The Hall–Kier alpha value is -1.61. The number of benzene rings is 1. The van der Waals surface area contributed by atoms with Crippen LogP contribution in [0.25, 0.3) is 5.69 Å². The first-order valence-corrected chi connectivity index (χ1v) is 6.53. The third-order valence-corrected chi connectivity index (χ3v) is 3.20. The molecule has 0 saturated heterocycles. The van der Waals surface area contributed by atoms with Crippen LogP contribution < -0.4 is 5.32 Å². The van der Waals surface area contributed by atoms with Crippen molar-refractivity contribution >= 4 is 0 Å². The molecule has 2 aromatic rings. The summed E-state index contributed by atoms with van der Waals surface area (Å²) in [5.41, 5.74) is 4.79. The van der Waals surface area contributed by atoms with E-state index in [0.717, 1.165) is 18.8 Å². The minimum absolute atomic E-state index is 0.925. The molecule has 1 aromatic heterocycles. The lowest BCUT2D eigenvalue weighted by molar-refractivity contribution is 0.675. The normalized spacial score (nSPS) is 10.8. The van der Waals surface area contributed by atoms with E-state index in [1.165, 1.54) is 23.4 Å². The second-order valence-electron chi connectivity index (χ2n) is 4.63. The van der Waals surface area contributed by atoms with Crippen LogP contribution in [0.5, 0.6) is 0 Å². The van der Waals surface area contributed by atoms with Crippen molar-refractivity contribution in [3.63, 3.8) is 0 Å². The number of hydrogen-bond acceptors (Lipinski definition) is 2. The summed E-state index contributed by atoms with van der Waals surface area (Å²) >= 11 is 0. The van der Waals surface area contributed by atoms with Crippen LogP contribution in [0.15, 0.2) is 30.6 Å². The van der Waals surface area contributed by atoms with Gasteiger partial charge in [-0.3, -0.25) is 0 Å². The number of rotatable bonds is 5. The molecule has 1 aromatic carbocycles. The Balaban J connectivity index is 2.19. The van der Waals surface area contributed by atoms with Crippen LogP contribution in [0.2, 0.25) is 0 Å². The molecule has 96 valence electrons. The van der Waals surface area contributed by atoms with Crippen LogP contribution in [0.3, 0.4) is 0 Å². The quantitative estimate of drug-likeness (QED) is 0.818. The summed E-state index contributed by atoms with van der Waals surface area (Å²) in [6, 6.07) is 8.60. The molecule has 1 N–H and O–H groups in total. The highest BCUT2D eigenvalue weighted by Gasteiger charge is 2.04. The Morgan fingerprint density at radius 3 is 2.78 bits per heavy atom. The van der Waals surface area contributed by atoms with Crippen LogP contribution >= 0.6 is 0 Å². The van der Waals surface area contributed by atoms with Gasteiger partial charge in [0.25, 0.3) is 0 Å². The number of aromatic nitrogens is 2. The van der Waals surface area contributed by atoms with Crippen LogP contribution in [0.4, 0.5) is 0 Å². The first-order valence-electron chi connectivity index (χ1n) is 6.53. The van der Waals surface area contributed by atoms with E-state index < -0.39 is 0 Å². The maximum Gasteiger partial charge on any atom is 0.0997 e. The minimum Gasteiger partial charge on any atom is -0.313 e. The molecule has 0 unspecified atom stereocenters. The molecule has 2 rings (SSSR count). The predicted octanol–water partition coefficient (Wildman–Crippen LogP) is 2.99. The molecule has 0 bridgehead atoms. The summed E-state index contributed by atoms with van der Waals surface area (Å²) in [7, 11) is 0. The molecule has 1 heterocycles. The number of aryl methyl sites for hydroxylation is 1. The second kappa shape index (κ2) is 5.83. The van der Waals surface area contributed by atoms with Gasteiger partial charge < -0.3 is 9.88 Å². The molecule has 18 heavy (non-hydrogen) atoms. The molecule has 0 fully saturated rings. The highest BCUT2D eigenvalue weighted by atomic mass is 15.1. The van der Waals surface area contributed by atoms with Gasteiger partial charge in [-0.25, -0.2) is 4.98 Å². The van der Waals surface area contributed by atoms with Gasteiger partial charge in [-0.2, -0.15) is 0 Å². The molecule has 0 aliphatic rings. The zero-order valence-electron chi connectivity index (χ0n) is 11.4. The van der Waals surface area contributed by atoms with Crippen LogP contribution in [0.1, 0.15) is 30.3 Å². The largest absolute Gasteiger partial charge is 0.313 e. The van der Waals surface area contributed by atoms with Crippen molar-refractivity contribution in [1.82, 2.24) is 14.9 Å². The first-order chi connectivity index (χ1) is 8.72. The molecule has 0 atom stereocenters. The van der Waals surface area contributed by atoms with E-state index in [1.807, 2.05) is 13.3 Å². The average molecular weight is 243 g/mol. The smallest absolute Gasteiger partial charge is 0.0997 e. The Morgan fingerprint density at radius 1 is 1.28 bits per heavy atom. The molecule has 0 amide bonds. The van der Waals surface area contributed by atoms with Crippen molar-refractivity contribution in [3.8, 4) is 5.69 Å². The SMILES string of the molecule is CCCNCc1cccc(-n2cnc(C)c2C)c1. The maximum absolute atomic E-state index is 4.34. The van der Waals surface area contributed by atoms with Crippen molar-refractivity contribution in [1.29, 1.82) is 0 Å². The summed E-state index contributed by atoms with van der Waals surface area (Å²) in [6.45, 7) is 8.31. The average Bonchev–Trinajstić information content (AvgIpc) is 2.71. The van der Waals surface area contributed by atoms with E-state index in [9.17, 15) is 0 Å². The van der Waals surface area contributed by atoms with Crippen molar-refractivity contribution in [2.45, 2.75) is 33.7 Å². The van der Waals surface area contributed by atoms with E-state index in [1.54, 1.807) is 0 Å². The van der Waals surface area contributed by atoms with E-state index in [2.05, 4.69) is 53.0 Å². The fraction of sp³-hybridized carbons (Fsp3) is 0.400. The molecule has 0 aliphatic heterocycles. The van der Waals surface area contributed by atoms with E-state index in [-0.39, 0.29) is 0 Å². The van der Waals surface area contributed by atoms with Crippen LogP contribution in [0, 0.1) is 13.8 Å². The van der Waals surface area contributed by atoms with E-state index in [4.69, 9.17) is 0 Å². The Labute approximate surface area is 109 Å². The first kappa shape index (κ1) is 12.8. The van der Waals surface area contributed by atoms with Gasteiger partial charge in [-0.1, -0.05) is 19.1 Å². The minimum atomic E-state index is 0.925. The number of nitrogens with one attached hydrogen (secondary N) is 1. The Kier molecular flexibility index (Phi) is 4.15. The molecule has 3 nitrogen and oxygen atoms in total. The fourth-order valence-corrected chi connectivity index (χ4v) is 1.98. The second-order valence-corrected chi connectivity index (χ2v) is 4.63. The highest BCUT2D eigenvalue weighted by molar-refractivity contribution is 5.38. The molecule has 0 spiro atoms. The van der Waals surface area contributed by atoms with E-state index in [0.29, 0.717) is 0 Å². The van der Waals surface area contributed by atoms with Gasteiger partial charge in [0, 0.05) is 17.9 Å². The van der Waals surface area contributed by atoms with Crippen LogP contribution in [-0.4, -0.2) is 16.1 Å². The van der Waals surface area contributed by atoms with Gasteiger partial charge in [-0.15, -0.1) is 0 Å². The van der Waals surface area contributed by atoms with Crippen molar-refractivity contribution in [2.75, 3.05) is 6.54 Å². The molecule has 0 radical (unpaired) electrons. The van der Waals surface area contributed by atoms with E-state index >= 15 is 0 Å². The standard InChI is InChI=1S/C15H21N3/c1-4-8-16-10-14-6-5-7-15(9-14)18-11-17-12(2)13(18)3/h5-7,9,11,16H,4,8,10H2,1-3H3. The summed E-state index contributed by atoms with van der Waals surface area (Å²) in [5, 5.41) is 3.42. The summed E-state index contributed by atoms with van der Waals surface area (Å²) in [5.74, 6) is 0. The fourth-order valence-electron chi connectivity index (χ4n) is 1.98. The summed E-state index contributed by atoms with van der Waals surface area (Å²) in [4.78, 5) is 4.34. The molecular formula is C15H21N3. The molecular weight excluding hydrogens is 222 g/mol. The lowest BCUT2D eigenvalue weighted by Crippen LogP contribution is -2.13. The van der Waals surface area contributed by atoms with Gasteiger partial charge in [0.05, 0.1) is 12.0 Å². The lowest BCUT2D eigenvalue weighted by Gasteiger charge is -2.09. The zero-order chi connectivity index (χ0) is 13.0. The molecule has 3 heteroatoms. The number of imidazole rings is 1. The summed E-state index contributed by atoms with van der Waals surface area (Å²) < 4.78 is 2.14. The number of nitrogens with zero attached hydrogens (tertiary/aromatic N) is 2. The van der Waals surface area contributed by atoms with Gasteiger partial charge >= 0.3 is 0 Å². The Bertz CT molecular complexity index is 514. The van der Waals surface area contributed by atoms with Crippen molar-refractivity contribution in [2.24, 2.45) is 0 Å². The highest BCUT2D eigenvalue weighted by Crippen LogP contribution is 2.15. The summed E-state index contributed by atoms with van der Waals surface area (Å²) in [6.07, 6.45) is 3.06. The molecule has 0 saturated carbocycles. The molecule has 0 aliphatic carbocycles. The number of hydrogen-bond donors (Lipinski definition) is 1. The van der Waals surface area contributed by atoms with Crippen molar-refractivity contribution in [3.05, 3.63) is 47.5 Å². The third kappa shape index (κ3) is 2.79. The van der Waals surface area contributed by atoms with Gasteiger partial charge in [0.15, 0.2) is 0 Å². The monoisotopic (exact) mass is 243 g/mol. The lowest BCUT2D eigenvalue weighted by atomic mass is 10.2. The van der Waals surface area contributed by atoms with Crippen LogP contribution in [-0.2, 0) is 6.54 Å². The zero-order valence-corrected chi connectivity index (χ0v) is 11.4. The van der Waals surface area contributed by atoms with Gasteiger partial charge in [-0.05, 0) is 44.5 Å². The van der Waals surface area contributed by atoms with Gasteiger partial charge in [0.2, 0.25) is 0 Å². The topological polar surface area (TPSA) is 29.9 Å². The van der Waals surface area contributed by atoms with Gasteiger partial charge in [0.1, 0.15) is 0 Å². The third-order valence-electron chi connectivity index (χ3n) is 3.20. The Morgan fingerprint density at radius 2 is 2.11 bits per heavy atom. The van der Waals surface area contributed by atoms with Crippen molar-refractivity contribution < 1.29 is 0 Å². The predicted molar refractivity (Wildman–Crippen MR) is 75.0 cm³/mol. The maximum atomic E-state index is 4.34.